The molecular weight excluding hydrogens is 172 g/mol. The van der Waals surface area contributed by atoms with Gasteiger partial charge in [-0.2, -0.15) is 0 Å². The van der Waals surface area contributed by atoms with E-state index in [1.807, 2.05) is 0 Å². The zero-order chi connectivity index (χ0) is 10.8. The Kier molecular flexibility index (Phi) is 9.02. The van der Waals surface area contributed by atoms with Crippen molar-refractivity contribution in [2.75, 3.05) is 0 Å². The van der Waals surface area contributed by atoms with Gasteiger partial charge in [-0.1, -0.05) is 52.9 Å². The average Bonchev–Trinajstić information content (AvgIpc) is 2.15. The van der Waals surface area contributed by atoms with E-state index in [1.54, 1.807) is 0 Å². The SMILES string of the molecule is CCCC(C)CCCC(C)CCC=O. The van der Waals surface area contributed by atoms with Crippen molar-refractivity contribution < 1.29 is 4.79 Å². The first-order chi connectivity index (χ1) is 6.70. The second-order valence-corrected chi connectivity index (χ2v) is 4.67. The number of hydrogen-bond donors (Lipinski definition) is 0. The summed E-state index contributed by atoms with van der Waals surface area (Å²) in [6, 6.07) is 0. The molecule has 14 heavy (non-hydrogen) atoms. The molecule has 0 spiro atoms. The Hall–Kier alpha value is -0.330. The van der Waals surface area contributed by atoms with E-state index in [-0.39, 0.29) is 0 Å². The van der Waals surface area contributed by atoms with Crippen molar-refractivity contribution in [2.24, 2.45) is 11.8 Å². The van der Waals surface area contributed by atoms with E-state index >= 15 is 0 Å². The van der Waals surface area contributed by atoms with Gasteiger partial charge in [0.2, 0.25) is 0 Å². The molecule has 84 valence electrons. The molecule has 0 aliphatic rings. The predicted octanol–water partition coefficient (Wildman–Crippen LogP) is 4.21. The van der Waals surface area contributed by atoms with Crippen molar-refractivity contribution in [3.63, 3.8) is 0 Å². The molecule has 0 N–H and O–H groups in total. The summed E-state index contributed by atoms with van der Waals surface area (Å²) < 4.78 is 0. The van der Waals surface area contributed by atoms with E-state index in [4.69, 9.17) is 0 Å². The summed E-state index contributed by atoms with van der Waals surface area (Å²) in [5, 5.41) is 0. The van der Waals surface area contributed by atoms with Crippen molar-refractivity contribution in [2.45, 2.75) is 65.7 Å². The molecule has 0 saturated heterocycles. The fourth-order valence-corrected chi connectivity index (χ4v) is 1.95. The Labute approximate surface area is 89.3 Å². The zero-order valence-corrected chi connectivity index (χ0v) is 10.1. The molecule has 0 saturated carbocycles. The summed E-state index contributed by atoms with van der Waals surface area (Å²) in [4.78, 5) is 10.2. The Morgan fingerprint density at radius 2 is 1.57 bits per heavy atom. The topological polar surface area (TPSA) is 17.1 Å². The first-order valence-corrected chi connectivity index (χ1v) is 6.14. The van der Waals surface area contributed by atoms with Gasteiger partial charge in [0, 0.05) is 6.42 Å². The van der Waals surface area contributed by atoms with Crippen LogP contribution < -0.4 is 0 Å². The molecule has 0 aliphatic heterocycles. The number of rotatable bonds is 9. The molecule has 2 unspecified atom stereocenters. The molecule has 0 aromatic heterocycles. The van der Waals surface area contributed by atoms with E-state index in [2.05, 4.69) is 20.8 Å². The van der Waals surface area contributed by atoms with Gasteiger partial charge in [0.25, 0.3) is 0 Å². The first-order valence-electron chi connectivity index (χ1n) is 6.14. The van der Waals surface area contributed by atoms with E-state index in [0.29, 0.717) is 0 Å². The fourth-order valence-electron chi connectivity index (χ4n) is 1.95. The van der Waals surface area contributed by atoms with Crippen LogP contribution in [0.3, 0.4) is 0 Å². The standard InChI is InChI=1S/C13H26O/c1-4-7-12(2)8-5-9-13(3)10-6-11-14/h11-13H,4-10H2,1-3H3. The molecule has 0 fully saturated rings. The van der Waals surface area contributed by atoms with Crippen LogP contribution in [0.1, 0.15) is 65.7 Å². The monoisotopic (exact) mass is 198 g/mol. The Morgan fingerprint density at radius 1 is 1.00 bits per heavy atom. The molecule has 0 amide bonds. The minimum atomic E-state index is 0.731. The lowest BCUT2D eigenvalue weighted by Crippen LogP contribution is -1.99. The maximum atomic E-state index is 10.2. The summed E-state index contributed by atoms with van der Waals surface area (Å²) >= 11 is 0. The van der Waals surface area contributed by atoms with Crippen molar-refractivity contribution >= 4 is 6.29 Å². The predicted molar refractivity (Wildman–Crippen MR) is 62.4 cm³/mol. The summed E-state index contributed by atoms with van der Waals surface area (Å²) in [6.07, 6.45) is 9.51. The van der Waals surface area contributed by atoms with Crippen LogP contribution in [0, 0.1) is 11.8 Å². The van der Waals surface area contributed by atoms with Gasteiger partial charge < -0.3 is 4.79 Å². The third kappa shape index (κ3) is 8.28. The van der Waals surface area contributed by atoms with Gasteiger partial charge in [-0.05, 0) is 18.3 Å². The highest BCUT2D eigenvalue weighted by Crippen LogP contribution is 2.18. The highest BCUT2D eigenvalue weighted by Gasteiger charge is 2.04. The van der Waals surface area contributed by atoms with Gasteiger partial charge in [0.1, 0.15) is 6.29 Å². The minimum absolute atomic E-state index is 0.731. The second kappa shape index (κ2) is 9.23. The normalized spacial score (nSPS) is 15.1. The second-order valence-electron chi connectivity index (χ2n) is 4.67. The largest absolute Gasteiger partial charge is 0.303 e. The Bertz CT molecular complexity index is 131. The van der Waals surface area contributed by atoms with Crippen LogP contribution in [0.4, 0.5) is 0 Å². The number of carbonyl (C=O) groups is 1. The maximum Gasteiger partial charge on any atom is 0.120 e. The van der Waals surface area contributed by atoms with Gasteiger partial charge in [0.05, 0.1) is 0 Å². The van der Waals surface area contributed by atoms with E-state index in [9.17, 15) is 4.79 Å². The summed E-state index contributed by atoms with van der Waals surface area (Å²) in [7, 11) is 0. The van der Waals surface area contributed by atoms with E-state index in [1.165, 1.54) is 32.1 Å². The van der Waals surface area contributed by atoms with E-state index < -0.39 is 0 Å². The van der Waals surface area contributed by atoms with Crippen molar-refractivity contribution in [1.29, 1.82) is 0 Å². The lowest BCUT2D eigenvalue weighted by molar-refractivity contribution is -0.108. The van der Waals surface area contributed by atoms with Gasteiger partial charge in [-0.15, -0.1) is 0 Å². The molecular formula is C13H26O. The van der Waals surface area contributed by atoms with Crippen molar-refractivity contribution in [1.82, 2.24) is 0 Å². The summed E-state index contributed by atoms with van der Waals surface area (Å²) in [6.45, 7) is 6.86. The van der Waals surface area contributed by atoms with Crippen LogP contribution in [-0.4, -0.2) is 6.29 Å². The van der Waals surface area contributed by atoms with Crippen LogP contribution in [0.25, 0.3) is 0 Å². The van der Waals surface area contributed by atoms with Crippen LogP contribution in [0.2, 0.25) is 0 Å². The highest BCUT2D eigenvalue weighted by atomic mass is 16.1. The van der Waals surface area contributed by atoms with Gasteiger partial charge >= 0.3 is 0 Å². The molecule has 1 heteroatoms. The van der Waals surface area contributed by atoms with E-state index in [0.717, 1.165) is 31.0 Å². The zero-order valence-electron chi connectivity index (χ0n) is 10.1. The van der Waals surface area contributed by atoms with Crippen LogP contribution in [-0.2, 0) is 4.79 Å². The van der Waals surface area contributed by atoms with Gasteiger partial charge in [-0.3, -0.25) is 0 Å². The van der Waals surface area contributed by atoms with Gasteiger partial charge in [0.15, 0.2) is 0 Å². The quantitative estimate of drug-likeness (QED) is 0.507. The molecule has 0 bridgehead atoms. The molecule has 0 heterocycles. The van der Waals surface area contributed by atoms with Crippen LogP contribution >= 0.6 is 0 Å². The average molecular weight is 198 g/mol. The van der Waals surface area contributed by atoms with Crippen LogP contribution in [0.5, 0.6) is 0 Å². The minimum Gasteiger partial charge on any atom is -0.303 e. The fraction of sp³-hybridized carbons (Fsp3) is 0.923. The first kappa shape index (κ1) is 13.7. The third-order valence-electron chi connectivity index (χ3n) is 2.95. The smallest absolute Gasteiger partial charge is 0.120 e. The number of carbonyl (C=O) groups excluding carboxylic acids is 1. The molecule has 2 atom stereocenters. The molecule has 1 nitrogen and oxygen atoms in total. The van der Waals surface area contributed by atoms with Gasteiger partial charge in [-0.25, -0.2) is 0 Å². The lowest BCUT2D eigenvalue weighted by Gasteiger charge is -2.12. The molecule has 0 aromatic rings. The molecule has 0 aromatic carbocycles. The Morgan fingerprint density at radius 3 is 2.07 bits per heavy atom. The third-order valence-corrected chi connectivity index (χ3v) is 2.95. The highest BCUT2D eigenvalue weighted by molar-refractivity contribution is 5.49. The molecule has 0 radical (unpaired) electrons. The number of aldehydes is 1. The summed E-state index contributed by atoms with van der Waals surface area (Å²) in [5.41, 5.74) is 0. The number of hydrogen-bond acceptors (Lipinski definition) is 1. The van der Waals surface area contributed by atoms with Crippen molar-refractivity contribution in [3.05, 3.63) is 0 Å². The molecule has 0 rings (SSSR count). The lowest BCUT2D eigenvalue weighted by atomic mass is 9.94. The molecule has 0 aliphatic carbocycles. The Balaban J connectivity index is 3.29. The van der Waals surface area contributed by atoms with Crippen LogP contribution in [0.15, 0.2) is 0 Å². The summed E-state index contributed by atoms with van der Waals surface area (Å²) in [5.74, 6) is 1.62. The van der Waals surface area contributed by atoms with Crippen molar-refractivity contribution in [3.8, 4) is 0 Å². The maximum absolute atomic E-state index is 10.2.